The number of anilines is 1. The van der Waals surface area contributed by atoms with E-state index in [2.05, 4.69) is 43.1 Å². The Balaban J connectivity index is 1.08. The van der Waals surface area contributed by atoms with Crippen LogP contribution in [0.25, 0.3) is 0 Å². The topological polar surface area (TPSA) is 59.0 Å². The van der Waals surface area contributed by atoms with E-state index in [0.717, 1.165) is 71.1 Å². The Hall–Kier alpha value is -1.95. The van der Waals surface area contributed by atoms with Crippen LogP contribution in [0.3, 0.4) is 0 Å². The maximum absolute atomic E-state index is 12.3. The number of nitrogens with zero attached hydrogens (tertiary/aromatic N) is 1. The van der Waals surface area contributed by atoms with Crippen molar-refractivity contribution in [2.45, 2.75) is 115 Å². The molecule has 5 heteroatoms. The van der Waals surface area contributed by atoms with E-state index in [-0.39, 0.29) is 17.8 Å². The average Bonchev–Trinajstić information content (AvgIpc) is 3.30. The predicted octanol–water partition coefficient (Wildman–Crippen LogP) is 7.49. The first-order valence-corrected chi connectivity index (χ1v) is 16.6. The summed E-state index contributed by atoms with van der Waals surface area (Å²) in [4.78, 5) is 14.6. The summed E-state index contributed by atoms with van der Waals surface area (Å²) in [7, 11) is 2.21. The van der Waals surface area contributed by atoms with Crippen molar-refractivity contribution >= 4 is 11.5 Å². The van der Waals surface area contributed by atoms with Gasteiger partial charge >= 0.3 is 0 Å². The highest BCUT2D eigenvalue weighted by molar-refractivity contribution is 5.93. The summed E-state index contributed by atoms with van der Waals surface area (Å²) in [6.45, 7) is 5.08. The molecule has 5 nitrogen and oxygen atoms in total. The minimum Gasteiger partial charge on any atom is -0.393 e. The van der Waals surface area contributed by atoms with Crippen molar-refractivity contribution in [1.82, 2.24) is 0 Å². The molecular weight excluding hydrogens is 510 g/mol. The highest BCUT2D eigenvalue weighted by Crippen LogP contribution is 2.63. The lowest BCUT2D eigenvalue weighted by molar-refractivity contribution is -0.162. The van der Waals surface area contributed by atoms with Gasteiger partial charge in [-0.05, 0) is 123 Å². The average molecular weight is 562 g/mol. The van der Waals surface area contributed by atoms with Crippen molar-refractivity contribution in [1.29, 1.82) is 0 Å². The van der Waals surface area contributed by atoms with Gasteiger partial charge in [0.1, 0.15) is 0 Å². The fourth-order valence-corrected chi connectivity index (χ4v) is 8.88. The van der Waals surface area contributed by atoms with Gasteiger partial charge in [-0.3, -0.25) is 4.79 Å². The van der Waals surface area contributed by atoms with Crippen LogP contribution >= 0.6 is 0 Å². The van der Waals surface area contributed by atoms with Gasteiger partial charge in [0.25, 0.3) is 0 Å². The number of ether oxygens (including phenoxy) is 2. The minimum absolute atomic E-state index is 0.0188. The molecule has 0 bridgehead atoms. The van der Waals surface area contributed by atoms with Gasteiger partial charge in [0.2, 0.25) is 0 Å². The molecule has 0 spiro atoms. The molecule has 0 aromatic heterocycles. The number of aliphatic hydroxyl groups is 1. The number of unbranched alkanes of at least 4 members (excludes halogenated alkanes) is 3. The SMILES string of the molecule is CN(CCCCCCOC1CCCCO1)c1ccc([C@H]2C[C@]3(C)[C@@H](O)CC[C@H]3[C@@H]3CCC4=CC(=O)CCC4=C32)cc1. The van der Waals surface area contributed by atoms with Crippen LogP contribution in [0.4, 0.5) is 5.69 Å². The Morgan fingerprint density at radius 2 is 1.83 bits per heavy atom. The van der Waals surface area contributed by atoms with Crippen LogP contribution in [-0.4, -0.2) is 50.1 Å². The molecule has 1 saturated heterocycles. The lowest BCUT2D eigenvalue weighted by Gasteiger charge is -2.52. The number of carbonyl (C=O) groups excluding carboxylic acids is 1. The molecule has 1 aliphatic heterocycles. The third kappa shape index (κ3) is 6.10. The third-order valence-electron chi connectivity index (χ3n) is 11.2. The van der Waals surface area contributed by atoms with Gasteiger partial charge in [0.15, 0.2) is 12.1 Å². The Bertz CT molecular complexity index is 1130. The van der Waals surface area contributed by atoms with Crippen molar-refractivity contribution in [3.05, 3.63) is 52.6 Å². The summed E-state index contributed by atoms with van der Waals surface area (Å²) in [6.07, 6.45) is 16.7. The Kier molecular flexibility index (Phi) is 9.05. The van der Waals surface area contributed by atoms with E-state index in [1.165, 1.54) is 54.5 Å². The number of rotatable bonds is 10. The lowest BCUT2D eigenvalue weighted by atomic mass is 9.53. The molecule has 0 amide bonds. The van der Waals surface area contributed by atoms with E-state index < -0.39 is 0 Å². The number of ketones is 1. The molecule has 0 radical (unpaired) electrons. The Labute approximate surface area is 247 Å². The number of aliphatic hydroxyl groups excluding tert-OH is 1. The van der Waals surface area contributed by atoms with Gasteiger partial charge in [-0.15, -0.1) is 0 Å². The fraction of sp³-hybridized carbons (Fsp3) is 0.694. The third-order valence-corrected chi connectivity index (χ3v) is 11.2. The second-order valence-corrected chi connectivity index (χ2v) is 13.8. The van der Waals surface area contributed by atoms with Gasteiger partial charge in [-0.1, -0.05) is 37.5 Å². The van der Waals surface area contributed by atoms with Crippen LogP contribution < -0.4 is 4.90 Å². The molecule has 224 valence electrons. The molecule has 1 aromatic rings. The normalized spacial score (nSPS) is 33.2. The van der Waals surface area contributed by atoms with Crippen LogP contribution in [0.15, 0.2) is 47.1 Å². The molecule has 1 heterocycles. The highest BCUT2D eigenvalue weighted by atomic mass is 16.7. The van der Waals surface area contributed by atoms with Gasteiger partial charge in [-0.25, -0.2) is 0 Å². The van der Waals surface area contributed by atoms with Crippen LogP contribution in [0.1, 0.15) is 108 Å². The first-order chi connectivity index (χ1) is 19.9. The second-order valence-electron chi connectivity index (χ2n) is 13.8. The van der Waals surface area contributed by atoms with E-state index in [9.17, 15) is 9.90 Å². The predicted molar refractivity (Wildman–Crippen MR) is 164 cm³/mol. The maximum atomic E-state index is 12.3. The summed E-state index contributed by atoms with van der Waals surface area (Å²) < 4.78 is 11.5. The van der Waals surface area contributed by atoms with Gasteiger partial charge < -0.3 is 19.5 Å². The molecule has 41 heavy (non-hydrogen) atoms. The van der Waals surface area contributed by atoms with Gasteiger partial charge in [0, 0.05) is 44.8 Å². The molecule has 1 N–H and O–H groups in total. The van der Waals surface area contributed by atoms with E-state index in [0.29, 0.717) is 30.0 Å². The Morgan fingerprint density at radius 1 is 1.00 bits per heavy atom. The standard InChI is InChI=1S/C36H51NO4/c1-36-24-31(35-29-17-15-28(38)23-26(29)12-16-30(35)32(36)18-19-33(36)39)25-10-13-27(14-11-25)37(2)20-6-3-4-7-21-40-34-9-5-8-22-41-34/h10-11,13-14,23,30-34,39H,3-9,12,15-22,24H2,1-2H3/t30-,31+,32-,33-,34?,36-/m0/s1. The second kappa shape index (κ2) is 12.7. The van der Waals surface area contributed by atoms with Crippen LogP contribution in [-0.2, 0) is 14.3 Å². The molecule has 3 fully saturated rings. The Morgan fingerprint density at radius 3 is 2.63 bits per heavy atom. The summed E-state index contributed by atoms with van der Waals surface area (Å²) in [5, 5.41) is 11.1. The quantitative estimate of drug-likeness (QED) is 0.300. The monoisotopic (exact) mass is 561 g/mol. The largest absolute Gasteiger partial charge is 0.393 e. The molecule has 2 saturated carbocycles. The van der Waals surface area contributed by atoms with Gasteiger partial charge in [0.05, 0.1) is 6.10 Å². The zero-order chi connectivity index (χ0) is 28.4. The molecule has 4 aliphatic carbocycles. The summed E-state index contributed by atoms with van der Waals surface area (Å²) in [6, 6.07) is 9.31. The zero-order valence-electron chi connectivity index (χ0n) is 25.4. The number of benzene rings is 1. The highest BCUT2D eigenvalue weighted by Gasteiger charge is 2.56. The lowest BCUT2D eigenvalue weighted by Crippen LogP contribution is -2.45. The smallest absolute Gasteiger partial charge is 0.157 e. The van der Waals surface area contributed by atoms with Crippen molar-refractivity contribution < 1.29 is 19.4 Å². The number of fused-ring (bicyclic) bond motifs is 4. The minimum atomic E-state index is -0.205. The summed E-state index contributed by atoms with van der Waals surface area (Å²) in [5.74, 6) is 1.74. The molecule has 6 atom stereocenters. The number of hydrogen-bond donors (Lipinski definition) is 1. The molecule has 1 aromatic carbocycles. The van der Waals surface area contributed by atoms with E-state index >= 15 is 0 Å². The van der Waals surface area contributed by atoms with E-state index in [1.54, 1.807) is 5.57 Å². The summed E-state index contributed by atoms with van der Waals surface area (Å²) in [5.41, 5.74) is 7.06. The van der Waals surface area contributed by atoms with Crippen molar-refractivity contribution in [3.8, 4) is 0 Å². The zero-order valence-corrected chi connectivity index (χ0v) is 25.4. The van der Waals surface area contributed by atoms with E-state index in [1.807, 2.05) is 6.08 Å². The van der Waals surface area contributed by atoms with Crippen LogP contribution in [0.2, 0.25) is 0 Å². The number of allylic oxidation sites excluding steroid dienone is 4. The first-order valence-electron chi connectivity index (χ1n) is 16.6. The molecule has 1 unspecified atom stereocenters. The van der Waals surface area contributed by atoms with Crippen molar-refractivity contribution in [2.75, 3.05) is 31.7 Å². The fourth-order valence-electron chi connectivity index (χ4n) is 8.88. The van der Waals surface area contributed by atoms with E-state index in [4.69, 9.17) is 9.47 Å². The first kappa shape index (κ1) is 29.1. The summed E-state index contributed by atoms with van der Waals surface area (Å²) >= 11 is 0. The molecule has 5 aliphatic rings. The maximum Gasteiger partial charge on any atom is 0.157 e. The van der Waals surface area contributed by atoms with Crippen molar-refractivity contribution in [3.63, 3.8) is 0 Å². The van der Waals surface area contributed by atoms with Gasteiger partial charge in [-0.2, -0.15) is 0 Å². The van der Waals surface area contributed by atoms with Crippen molar-refractivity contribution in [2.24, 2.45) is 17.3 Å². The molecule has 6 rings (SSSR count). The molecular formula is C36H51NO4. The van der Waals surface area contributed by atoms with Crippen LogP contribution in [0, 0.1) is 17.3 Å². The number of carbonyl (C=O) groups is 1. The van der Waals surface area contributed by atoms with Crippen LogP contribution in [0.5, 0.6) is 0 Å². The number of hydrogen-bond acceptors (Lipinski definition) is 5.